The van der Waals surface area contributed by atoms with Crippen LogP contribution in [0.4, 0.5) is 0 Å². The van der Waals surface area contributed by atoms with Crippen LogP contribution < -0.4 is 0 Å². The Morgan fingerprint density at radius 2 is 1.33 bits per heavy atom. The number of allylic oxidation sites excluding steroid dienone is 15. The lowest BCUT2D eigenvalue weighted by Crippen LogP contribution is -2.46. The first-order chi connectivity index (χ1) is 20.0. The lowest BCUT2D eigenvalue weighted by atomic mass is 9.63. The van der Waals surface area contributed by atoms with Gasteiger partial charge in [-0.1, -0.05) is 135 Å². The molecule has 3 rings (SSSR count). The van der Waals surface area contributed by atoms with E-state index in [4.69, 9.17) is 4.74 Å². The minimum atomic E-state index is -0.304. The van der Waals surface area contributed by atoms with Crippen LogP contribution in [0, 0.1) is 28.6 Å². The summed E-state index contributed by atoms with van der Waals surface area (Å²) >= 11 is 0. The summed E-state index contributed by atoms with van der Waals surface area (Å²) in [5, 5.41) is 20.3. The highest BCUT2D eigenvalue weighted by molar-refractivity contribution is 5.38. The van der Waals surface area contributed by atoms with Crippen LogP contribution in [0.5, 0.6) is 0 Å². The number of hydrogen-bond acceptors (Lipinski definition) is 3. The van der Waals surface area contributed by atoms with Crippen LogP contribution in [0.3, 0.4) is 0 Å². The van der Waals surface area contributed by atoms with Crippen molar-refractivity contribution in [3.8, 4) is 11.8 Å². The standard InChI is InChI=1S/C40H54O3/c1-29(17-13-19-31(3)21-22-36-33(5)25-34(41)26-37(36,6)7)15-11-12-16-30(2)18-14-20-32(4)23-24-40-38(8,9)27-35(42)28-39(40,10)43-40/h11-20,23-24,34-36,41-42H,5,25-28H2,1-4,6-10H3/b12-11+,17-13+,18-14+,24-23+,29-15+,30-16+,31-19+,32-20+/t34-,35+,36?,39-,40+/m1/s1. The van der Waals surface area contributed by atoms with Crippen LogP contribution in [0.25, 0.3) is 0 Å². The maximum Gasteiger partial charge on any atom is 0.121 e. The highest BCUT2D eigenvalue weighted by atomic mass is 16.6. The number of fused-ring (bicyclic) bond motifs is 1. The van der Waals surface area contributed by atoms with Crippen LogP contribution in [0.1, 0.15) is 88.0 Å². The molecule has 0 radical (unpaired) electrons. The van der Waals surface area contributed by atoms with Crippen molar-refractivity contribution in [3.63, 3.8) is 0 Å². The van der Waals surface area contributed by atoms with Gasteiger partial charge in [0.25, 0.3) is 0 Å². The minimum Gasteiger partial charge on any atom is -0.393 e. The highest BCUT2D eigenvalue weighted by Gasteiger charge is 2.74. The SMILES string of the molecule is C=C1C[C@@H](O)CC(C)(C)C1C#C/C(C)=C/C=C/C(C)=C/C=C/C=C(C)/C=C/C=C(C)/C=C/[C@@]12O[C@]1(C)C[C@@H](O)CC2(C)C. The van der Waals surface area contributed by atoms with Gasteiger partial charge in [0, 0.05) is 17.8 Å². The van der Waals surface area contributed by atoms with E-state index in [1.807, 2.05) is 19.1 Å². The van der Waals surface area contributed by atoms with Gasteiger partial charge in [-0.2, -0.15) is 0 Å². The Morgan fingerprint density at radius 1 is 0.767 bits per heavy atom. The minimum absolute atomic E-state index is 0.0633. The Morgan fingerprint density at radius 3 is 1.91 bits per heavy atom. The third-order valence-electron chi connectivity index (χ3n) is 9.20. The third-order valence-corrected chi connectivity index (χ3v) is 9.20. The number of hydrogen-bond donors (Lipinski definition) is 2. The Labute approximate surface area is 261 Å². The van der Waals surface area contributed by atoms with Crippen molar-refractivity contribution >= 4 is 0 Å². The average molecular weight is 583 g/mol. The maximum absolute atomic E-state index is 10.2. The summed E-state index contributed by atoms with van der Waals surface area (Å²) in [5.74, 6) is 6.81. The largest absolute Gasteiger partial charge is 0.393 e. The predicted molar refractivity (Wildman–Crippen MR) is 182 cm³/mol. The topological polar surface area (TPSA) is 53.0 Å². The molecule has 1 saturated heterocycles. The molecule has 0 aromatic carbocycles. The maximum atomic E-state index is 10.2. The first-order valence-corrected chi connectivity index (χ1v) is 15.7. The summed E-state index contributed by atoms with van der Waals surface area (Å²) in [6.07, 6.45) is 27.4. The van der Waals surface area contributed by atoms with E-state index in [1.165, 1.54) is 5.57 Å². The molecule has 1 heterocycles. The van der Waals surface area contributed by atoms with Gasteiger partial charge in [-0.3, -0.25) is 0 Å². The van der Waals surface area contributed by atoms with E-state index in [0.29, 0.717) is 12.8 Å². The molecule has 0 bridgehead atoms. The number of epoxide rings is 1. The van der Waals surface area contributed by atoms with Gasteiger partial charge in [0.15, 0.2) is 0 Å². The summed E-state index contributed by atoms with van der Waals surface area (Å²) in [6, 6.07) is 0. The molecule has 3 aliphatic rings. The zero-order valence-corrected chi connectivity index (χ0v) is 28.0. The second kappa shape index (κ2) is 13.8. The molecule has 1 unspecified atom stereocenters. The van der Waals surface area contributed by atoms with Crippen molar-refractivity contribution in [3.05, 3.63) is 107 Å². The lowest BCUT2D eigenvalue weighted by Gasteiger charge is -2.39. The third kappa shape index (κ3) is 8.82. The van der Waals surface area contributed by atoms with Gasteiger partial charge >= 0.3 is 0 Å². The molecule has 5 atom stereocenters. The van der Waals surface area contributed by atoms with Crippen LogP contribution in [0.2, 0.25) is 0 Å². The molecule has 3 nitrogen and oxygen atoms in total. The Hall–Kier alpha value is -2.90. The van der Waals surface area contributed by atoms with Crippen molar-refractivity contribution < 1.29 is 14.9 Å². The van der Waals surface area contributed by atoms with Gasteiger partial charge in [-0.05, 0) is 70.9 Å². The van der Waals surface area contributed by atoms with Gasteiger partial charge in [-0.15, -0.1) is 0 Å². The van der Waals surface area contributed by atoms with E-state index in [1.54, 1.807) is 0 Å². The molecular weight excluding hydrogens is 528 g/mol. The fourth-order valence-electron chi connectivity index (χ4n) is 6.90. The fraction of sp³-hybridized carbons (Fsp3) is 0.500. The second-order valence-corrected chi connectivity index (χ2v) is 14.4. The van der Waals surface area contributed by atoms with Crippen molar-refractivity contribution in [2.24, 2.45) is 16.7 Å². The number of rotatable bonds is 8. The normalized spacial score (nSPS) is 33.4. The molecular formula is C40H54O3. The Bertz CT molecular complexity index is 1360. The predicted octanol–water partition coefficient (Wildman–Crippen LogP) is 9.06. The van der Waals surface area contributed by atoms with Crippen LogP contribution in [-0.2, 0) is 4.74 Å². The number of aliphatic hydroxyl groups is 2. The molecule has 3 fully saturated rings. The molecule has 3 heteroatoms. The van der Waals surface area contributed by atoms with Gasteiger partial charge in [0.1, 0.15) is 11.2 Å². The summed E-state index contributed by atoms with van der Waals surface area (Å²) in [6.45, 7) is 23.3. The zero-order chi connectivity index (χ0) is 32.1. The lowest BCUT2D eigenvalue weighted by molar-refractivity contribution is 0.0515. The van der Waals surface area contributed by atoms with Crippen molar-refractivity contribution in [1.29, 1.82) is 0 Å². The van der Waals surface area contributed by atoms with E-state index in [0.717, 1.165) is 35.1 Å². The Kier molecular flexibility index (Phi) is 11.1. The summed E-state index contributed by atoms with van der Waals surface area (Å²) in [4.78, 5) is 0. The van der Waals surface area contributed by atoms with Gasteiger partial charge < -0.3 is 14.9 Å². The quantitative estimate of drug-likeness (QED) is 0.130. The van der Waals surface area contributed by atoms with Crippen molar-refractivity contribution in [2.45, 2.75) is 111 Å². The molecule has 2 aliphatic carbocycles. The van der Waals surface area contributed by atoms with Gasteiger partial charge in [-0.25, -0.2) is 0 Å². The molecule has 2 saturated carbocycles. The van der Waals surface area contributed by atoms with E-state index < -0.39 is 0 Å². The highest BCUT2D eigenvalue weighted by Crippen LogP contribution is 2.66. The second-order valence-electron chi connectivity index (χ2n) is 14.4. The van der Waals surface area contributed by atoms with Crippen LogP contribution in [0.15, 0.2) is 107 Å². The average Bonchev–Trinajstić information content (AvgIpc) is 3.49. The molecule has 1 aliphatic heterocycles. The first-order valence-electron chi connectivity index (χ1n) is 15.7. The van der Waals surface area contributed by atoms with Gasteiger partial charge in [0.05, 0.1) is 12.2 Å². The fourth-order valence-corrected chi connectivity index (χ4v) is 6.90. The molecule has 232 valence electrons. The molecule has 0 amide bonds. The smallest absolute Gasteiger partial charge is 0.121 e. The van der Waals surface area contributed by atoms with Crippen molar-refractivity contribution in [1.82, 2.24) is 0 Å². The van der Waals surface area contributed by atoms with E-state index in [9.17, 15) is 10.2 Å². The van der Waals surface area contributed by atoms with E-state index in [2.05, 4.69) is 135 Å². The molecule has 0 aromatic rings. The molecule has 43 heavy (non-hydrogen) atoms. The summed E-state index contributed by atoms with van der Waals surface area (Å²) < 4.78 is 6.24. The Balaban J connectivity index is 1.50. The summed E-state index contributed by atoms with van der Waals surface area (Å²) in [5.41, 5.74) is 4.80. The van der Waals surface area contributed by atoms with E-state index in [-0.39, 0.29) is 40.2 Å². The van der Waals surface area contributed by atoms with Gasteiger partial charge in [0.2, 0.25) is 0 Å². The molecule has 0 spiro atoms. The molecule has 0 aromatic heterocycles. The van der Waals surface area contributed by atoms with E-state index >= 15 is 0 Å². The van der Waals surface area contributed by atoms with Crippen LogP contribution >= 0.6 is 0 Å². The molecule has 2 N–H and O–H groups in total. The van der Waals surface area contributed by atoms with Crippen LogP contribution in [-0.4, -0.2) is 33.6 Å². The zero-order valence-electron chi connectivity index (χ0n) is 28.0. The van der Waals surface area contributed by atoms with Crippen molar-refractivity contribution in [2.75, 3.05) is 0 Å². The monoisotopic (exact) mass is 582 g/mol. The summed E-state index contributed by atoms with van der Waals surface area (Å²) in [7, 11) is 0. The first kappa shape index (κ1) is 34.6. The number of aliphatic hydroxyl groups excluding tert-OH is 2. The number of ether oxygens (including phenoxy) is 1.